The molecule has 3 rings (SSSR count). The van der Waals surface area contributed by atoms with Crippen molar-refractivity contribution >= 4 is 23.2 Å². The Morgan fingerprint density at radius 1 is 0.962 bits per heavy atom. The van der Waals surface area contributed by atoms with Crippen LogP contribution < -0.4 is 9.47 Å². The van der Waals surface area contributed by atoms with Crippen LogP contribution in [0.15, 0.2) is 52.9 Å². The van der Waals surface area contributed by atoms with Crippen LogP contribution in [0.3, 0.4) is 0 Å². The third-order valence-electron chi connectivity index (χ3n) is 3.74. The van der Waals surface area contributed by atoms with Crippen LogP contribution in [-0.2, 0) is 6.42 Å². The van der Waals surface area contributed by atoms with Crippen LogP contribution in [0.5, 0.6) is 11.5 Å². The molecule has 0 saturated heterocycles. The Balaban J connectivity index is 1.61. The monoisotopic (exact) mass is 391 g/mol. The van der Waals surface area contributed by atoms with E-state index in [2.05, 4.69) is 4.98 Å². The Morgan fingerprint density at radius 2 is 1.65 bits per heavy atom. The smallest absolute Gasteiger partial charge is 0.292 e. The number of aryl methyl sites for hydroxylation is 1. The second kappa shape index (κ2) is 8.97. The first-order chi connectivity index (χ1) is 12.7. The summed E-state index contributed by atoms with van der Waals surface area (Å²) in [6.07, 6.45) is 1.42. The number of hydrogen-bond acceptors (Lipinski definition) is 4. The Hall–Kier alpha value is -2.17. The van der Waals surface area contributed by atoms with E-state index in [1.165, 1.54) is 0 Å². The van der Waals surface area contributed by atoms with Gasteiger partial charge in [0.05, 0.1) is 13.2 Å². The average molecular weight is 392 g/mol. The molecule has 136 valence electrons. The highest BCUT2D eigenvalue weighted by atomic mass is 35.5. The number of para-hydroxylation sites is 2. The zero-order valence-electron chi connectivity index (χ0n) is 14.4. The maximum Gasteiger partial charge on any atom is 0.292 e. The third-order valence-corrected chi connectivity index (χ3v) is 4.16. The molecule has 1 heterocycles. The van der Waals surface area contributed by atoms with Crippen molar-refractivity contribution in [3.8, 4) is 22.8 Å². The zero-order chi connectivity index (χ0) is 18.4. The maximum atomic E-state index is 5.96. The van der Waals surface area contributed by atoms with Gasteiger partial charge in [-0.3, -0.25) is 0 Å². The molecule has 0 fully saturated rings. The van der Waals surface area contributed by atoms with E-state index >= 15 is 0 Å². The molecular formula is C20H19Cl2NO3. The summed E-state index contributed by atoms with van der Waals surface area (Å²) < 4.78 is 17.0. The molecule has 3 aromatic rings. The maximum absolute atomic E-state index is 5.96. The number of ether oxygens (including phenoxy) is 2. The van der Waals surface area contributed by atoms with Crippen molar-refractivity contribution in [3.63, 3.8) is 0 Å². The minimum absolute atomic E-state index is 0.132. The quantitative estimate of drug-likeness (QED) is 0.437. The summed E-state index contributed by atoms with van der Waals surface area (Å²) in [5.74, 6) is 2.22. The van der Waals surface area contributed by atoms with Gasteiger partial charge in [-0.15, -0.1) is 0 Å². The summed E-state index contributed by atoms with van der Waals surface area (Å²) in [6, 6.07) is 15.1. The van der Waals surface area contributed by atoms with Crippen molar-refractivity contribution in [2.45, 2.75) is 19.8 Å². The first kappa shape index (κ1) is 18.6. The number of rotatable bonds is 8. The first-order valence-electron chi connectivity index (χ1n) is 8.43. The molecule has 0 amide bonds. The number of oxazole rings is 1. The van der Waals surface area contributed by atoms with E-state index < -0.39 is 0 Å². The van der Waals surface area contributed by atoms with Gasteiger partial charge < -0.3 is 13.9 Å². The van der Waals surface area contributed by atoms with Gasteiger partial charge in [0.1, 0.15) is 11.5 Å². The van der Waals surface area contributed by atoms with Gasteiger partial charge in [0.25, 0.3) is 5.35 Å². The van der Waals surface area contributed by atoms with Crippen molar-refractivity contribution in [1.29, 1.82) is 0 Å². The minimum Gasteiger partial charge on any atom is -0.490 e. The molecule has 4 nitrogen and oxygen atoms in total. The number of benzene rings is 2. The molecule has 2 aromatic carbocycles. The van der Waals surface area contributed by atoms with Gasteiger partial charge >= 0.3 is 0 Å². The summed E-state index contributed by atoms with van der Waals surface area (Å²) in [7, 11) is 0. The highest BCUT2D eigenvalue weighted by molar-refractivity contribution is 6.30. The van der Waals surface area contributed by atoms with Crippen molar-refractivity contribution in [3.05, 3.63) is 64.7 Å². The van der Waals surface area contributed by atoms with Gasteiger partial charge in [0.2, 0.25) is 0 Å². The minimum atomic E-state index is 0.132. The lowest BCUT2D eigenvalue weighted by Gasteiger charge is -2.11. The number of aromatic nitrogens is 1. The first-order valence-corrected chi connectivity index (χ1v) is 9.18. The van der Waals surface area contributed by atoms with Crippen LogP contribution in [-0.4, -0.2) is 18.2 Å². The van der Waals surface area contributed by atoms with Gasteiger partial charge in [-0.05, 0) is 49.2 Å². The van der Waals surface area contributed by atoms with Crippen LogP contribution in [0, 0.1) is 0 Å². The zero-order valence-corrected chi connectivity index (χ0v) is 15.9. The molecular weight excluding hydrogens is 373 g/mol. The molecule has 0 aliphatic heterocycles. The van der Waals surface area contributed by atoms with E-state index in [0.29, 0.717) is 24.7 Å². The molecule has 0 radical (unpaired) electrons. The predicted molar refractivity (Wildman–Crippen MR) is 103 cm³/mol. The highest BCUT2D eigenvalue weighted by Crippen LogP contribution is 2.29. The highest BCUT2D eigenvalue weighted by Gasteiger charge is 2.14. The van der Waals surface area contributed by atoms with Crippen molar-refractivity contribution in [1.82, 2.24) is 4.98 Å². The molecule has 0 saturated carbocycles. The Kier molecular flexibility index (Phi) is 6.42. The summed E-state index contributed by atoms with van der Waals surface area (Å²) in [6.45, 7) is 3.08. The summed E-state index contributed by atoms with van der Waals surface area (Å²) in [4.78, 5) is 4.28. The van der Waals surface area contributed by atoms with Gasteiger partial charge in [-0.1, -0.05) is 35.9 Å². The summed E-state index contributed by atoms with van der Waals surface area (Å²) >= 11 is 11.9. The predicted octanol–water partition coefficient (Wildman–Crippen LogP) is 6.06. The molecule has 6 heteroatoms. The lowest BCUT2D eigenvalue weighted by molar-refractivity contribution is 0.271. The fraction of sp³-hybridized carbons (Fsp3) is 0.250. The van der Waals surface area contributed by atoms with E-state index in [0.717, 1.165) is 34.9 Å². The van der Waals surface area contributed by atoms with E-state index in [9.17, 15) is 0 Å². The number of hydrogen-bond donors (Lipinski definition) is 0. The number of halogens is 2. The SMILES string of the molecule is CCOc1ccccc1OCCCc1oc(Cl)nc1-c1ccc(Cl)cc1. The summed E-state index contributed by atoms with van der Waals surface area (Å²) in [5, 5.41) is 0.804. The largest absolute Gasteiger partial charge is 0.490 e. The van der Waals surface area contributed by atoms with Gasteiger partial charge in [-0.25, -0.2) is 0 Å². The fourth-order valence-corrected chi connectivity index (χ4v) is 2.89. The van der Waals surface area contributed by atoms with Gasteiger partial charge in [-0.2, -0.15) is 4.98 Å². The van der Waals surface area contributed by atoms with Gasteiger partial charge in [0.15, 0.2) is 11.5 Å². The van der Waals surface area contributed by atoms with E-state index in [1.807, 2.05) is 55.5 Å². The van der Waals surface area contributed by atoms with E-state index in [1.54, 1.807) is 0 Å². The Morgan fingerprint density at radius 3 is 2.35 bits per heavy atom. The van der Waals surface area contributed by atoms with Crippen LogP contribution in [0.1, 0.15) is 19.1 Å². The average Bonchev–Trinajstić information content (AvgIpc) is 3.01. The normalized spacial score (nSPS) is 10.7. The lowest BCUT2D eigenvalue weighted by atomic mass is 10.1. The topological polar surface area (TPSA) is 44.5 Å². The summed E-state index contributed by atoms with van der Waals surface area (Å²) in [5.41, 5.74) is 1.66. The van der Waals surface area contributed by atoms with E-state index in [-0.39, 0.29) is 5.35 Å². The standard InChI is InChI=1S/C20H19Cl2NO3/c1-2-24-16-6-3-4-7-17(16)25-13-5-8-18-19(23-20(22)26-18)14-9-11-15(21)12-10-14/h3-4,6-7,9-12H,2,5,8,13H2,1H3. The second-order valence-corrected chi connectivity index (χ2v) is 6.34. The molecule has 26 heavy (non-hydrogen) atoms. The number of nitrogens with zero attached hydrogens (tertiary/aromatic N) is 1. The van der Waals surface area contributed by atoms with Gasteiger partial charge in [0, 0.05) is 17.0 Å². The second-order valence-electron chi connectivity index (χ2n) is 5.58. The van der Waals surface area contributed by atoms with Crippen LogP contribution >= 0.6 is 23.2 Å². The molecule has 0 aliphatic rings. The van der Waals surface area contributed by atoms with Crippen molar-refractivity contribution in [2.24, 2.45) is 0 Å². The van der Waals surface area contributed by atoms with E-state index in [4.69, 9.17) is 37.1 Å². The fourth-order valence-electron chi connectivity index (χ4n) is 2.58. The molecule has 0 N–H and O–H groups in total. The van der Waals surface area contributed by atoms with Crippen LogP contribution in [0.4, 0.5) is 0 Å². The molecule has 0 bridgehead atoms. The van der Waals surface area contributed by atoms with Crippen LogP contribution in [0.2, 0.25) is 10.4 Å². The Bertz CT molecular complexity index is 847. The Labute approximate surface area is 162 Å². The molecule has 0 aliphatic carbocycles. The molecule has 0 atom stereocenters. The molecule has 1 aromatic heterocycles. The van der Waals surface area contributed by atoms with Crippen LogP contribution in [0.25, 0.3) is 11.3 Å². The third kappa shape index (κ3) is 4.71. The molecule has 0 unspecified atom stereocenters. The lowest BCUT2D eigenvalue weighted by Crippen LogP contribution is -2.02. The molecule has 0 spiro atoms. The van der Waals surface area contributed by atoms with Crippen molar-refractivity contribution < 1.29 is 13.9 Å². The van der Waals surface area contributed by atoms with Crippen molar-refractivity contribution in [2.75, 3.05) is 13.2 Å².